The van der Waals surface area contributed by atoms with Gasteiger partial charge in [-0.05, 0) is 77.9 Å². The summed E-state index contributed by atoms with van der Waals surface area (Å²) in [6.45, 7) is 0.697. The highest BCUT2D eigenvalue weighted by molar-refractivity contribution is 7.74. The fraction of sp³-hybridized carbons (Fsp3) is 0.0750. The fourth-order valence-corrected chi connectivity index (χ4v) is 7.36. The Bertz CT molecular complexity index is 1940. The number of rotatable bonds is 10. The highest BCUT2D eigenvalue weighted by atomic mass is 31.2. The van der Waals surface area contributed by atoms with E-state index in [1.807, 2.05) is 99.0 Å². The summed E-state index contributed by atoms with van der Waals surface area (Å²) in [6.07, 6.45) is 10.6. The van der Waals surface area contributed by atoms with Crippen LogP contribution in [0.1, 0.15) is 16.7 Å². The molecule has 0 aliphatic heterocycles. The van der Waals surface area contributed by atoms with Gasteiger partial charge in [0.05, 0.1) is 16.0 Å². The van der Waals surface area contributed by atoms with Crippen LogP contribution in [0.3, 0.4) is 0 Å². The summed E-state index contributed by atoms with van der Waals surface area (Å²) in [5.41, 5.74) is 5.79. The molecule has 1 aromatic heterocycles. The summed E-state index contributed by atoms with van der Waals surface area (Å²) in [6, 6.07) is 45.9. The van der Waals surface area contributed by atoms with Crippen LogP contribution in [0.4, 0.5) is 5.69 Å². The first kappa shape index (κ1) is 29.9. The maximum absolute atomic E-state index is 14.3. The second kappa shape index (κ2) is 13.6. The molecular formula is C40H36N2O2P+. The standard InChI is InChI=1S/C40H36N2O2P/c1-41(2)35-25-21-32(22-26-35)13-9-10-14-34-29-30-42(40-20-12-11-19-39(34)40)31-33-23-27-36(28-24-33)44-45(43,37-15-5-3-6-16-37)38-17-7-4-8-18-38/h3-30H,31H2,1-2H3/q+1. The van der Waals surface area contributed by atoms with Crippen molar-refractivity contribution in [2.24, 2.45) is 0 Å². The van der Waals surface area contributed by atoms with E-state index in [-0.39, 0.29) is 0 Å². The van der Waals surface area contributed by atoms with E-state index in [4.69, 9.17) is 4.52 Å². The Balaban J connectivity index is 1.19. The predicted molar refractivity (Wildman–Crippen MR) is 189 cm³/mol. The molecule has 0 spiro atoms. The number of pyridine rings is 1. The van der Waals surface area contributed by atoms with Gasteiger partial charge in [-0.1, -0.05) is 85.0 Å². The average molecular weight is 608 g/mol. The number of benzene rings is 5. The average Bonchev–Trinajstić information content (AvgIpc) is 3.09. The van der Waals surface area contributed by atoms with Crippen molar-refractivity contribution in [3.8, 4) is 5.75 Å². The Labute approximate surface area is 265 Å². The molecule has 0 unspecified atom stereocenters. The number of hydrogen-bond donors (Lipinski definition) is 0. The molecule has 1 heterocycles. The zero-order chi connectivity index (χ0) is 31.1. The van der Waals surface area contributed by atoms with E-state index >= 15 is 0 Å². The van der Waals surface area contributed by atoms with Crippen molar-refractivity contribution in [3.05, 3.63) is 175 Å². The minimum atomic E-state index is -3.32. The van der Waals surface area contributed by atoms with Crippen LogP contribution in [0.5, 0.6) is 5.75 Å². The molecule has 6 rings (SSSR count). The number of fused-ring (bicyclic) bond motifs is 1. The minimum absolute atomic E-state index is 0.576. The number of anilines is 1. The van der Waals surface area contributed by atoms with Crippen LogP contribution < -0.4 is 24.6 Å². The third-order valence-corrected chi connectivity index (χ3v) is 10.2. The van der Waals surface area contributed by atoms with E-state index in [0.29, 0.717) is 22.9 Å². The van der Waals surface area contributed by atoms with E-state index in [9.17, 15) is 4.57 Å². The van der Waals surface area contributed by atoms with Crippen molar-refractivity contribution in [1.82, 2.24) is 0 Å². The van der Waals surface area contributed by atoms with Crippen LogP contribution in [-0.4, -0.2) is 14.1 Å². The molecule has 45 heavy (non-hydrogen) atoms. The first-order valence-corrected chi connectivity index (χ1v) is 16.7. The lowest BCUT2D eigenvalue weighted by molar-refractivity contribution is -0.662. The van der Waals surface area contributed by atoms with Gasteiger partial charge in [-0.15, -0.1) is 0 Å². The second-order valence-electron chi connectivity index (χ2n) is 11.1. The Morgan fingerprint density at radius 1 is 0.667 bits per heavy atom. The first-order valence-electron chi connectivity index (χ1n) is 15.0. The smallest absolute Gasteiger partial charge is 0.306 e. The van der Waals surface area contributed by atoms with Crippen molar-refractivity contribution in [1.29, 1.82) is 0 Å². The SMILES string of the molecule is CN(C)c1ccc(/C=C/C=C/c2cc[n+](Cc3ccc(OP(=O)(c4ccccc4)c4ccccc4)cc3)c3ccccc23)cc1. The van der Waals surface area contributed by atoms with Crippen molar-refractivity contribution in [2.75, 3.05) is 19.0 Å². The summed E-state index contributed by atoms with van der Waals surface area (Å²) in [4.78, 5) is 2.10. The molecule has 4 nitrogen and oxygen atoms in total. The van der Waals surface area contributed by atoms with E-state index in [2.05, 4.69) is 94.6 Å². The maximum Gasteiger partial charge on any atom is 0.306 e. The highest BCUT2D eigenvalue weighted by Crippen LogP contribution is 2.45. The molecule has 0 N–H and O–H groups in total. The zero-order valence-corrected chi connectivity index (χ0v) is 26.4. The van der Waals surface area contributed by atoms with E-state index in [0.717, 1.165) is 16.6 Å². The lowest BCUT2D eigenvalue weighted by Crippen LogP contribution is -2.34. The molecule has 0 radical (unpaired) electrons. The second-order valence-corrected chi connectivity index (χ2v) is 13.4. The molecule has 0 aliphatic rings. The molecule has 0 bridgehead atoms. The largest absolute Gasteiger partial charge is 0.437 e. The van der Waals surface area contributed by atoms with Crippen LogP contribution in [0, 0.1) is 0 Å². The molecular weight excluding hydrogens is 571 g/mol. The molecule has 0 saturated heterocycles. The third-order valence-electron chi connectivity index (χ3n) is 7.75. The molecule has 5 heteroatoms. The van der Waals surface area contributed by atoms with Crippen LogP contribution in [0.2, 0.25) is 0 Å². The molecule has 0 saturated carbocycles. The van der Waals surface area contributed by atoms with Gasteiger partial charge in [-0.2, -0.15) is 4.57 Å². The summed E-state index contributed by atoms with van der Waals surface area (Å²) >= 11 is 0. The lowest BCUT2D eigenvalue weighted by atomic mass is 10.1. The monoisotopic (exact) mass is 607 g/mol. The van der Waals surface area contributed by atoms with Gasteiger partial charge in [0, 0.05) is 37.5 Å². The molecule has 0 amide bonds. The third kappa shape index (κ3) is 6.98. The molecule has 222 valence electrons. The Morgan fingerprint density at radius 2 is 1.27 bits per heavy atom. The summed E-state index contributed by atoms with van der Waals surface area (Å²) in [5, 5.41) is 2.53. The topological polar surface area (TPSA) is 33.4 Å². The summed E-state index contributed by atoms with van der Waals surface area (Å²) in [7, 11) is 0.776. The number of para-hydroxylation sites is 1. The van der Waals surface area contributed by atoms with Gasteiger partial charge in [-0.25, -0.2) is 0 Å². The molecule has 0 aliphatic carbocycles. The van der Waals surface area contributed by atoms with Crippen molar-refractivity contribution < 1.29 is 13.7 Å². The van der Waals surface area contributed by atoms with Gasteiger partial charge in [0.15, 0.2) is 12.7 Å². The number of nitrogens with zero attached hydrogens (tertiary/aromatic N) is 2. The number of hydrogen-bond acceptors (Lipinski definition) is 3. The highest BCUT2D eigenvalue weighted by Gasteiger charge is 2.30. The minimum Gasteiger partial charge on any atom is -0.437 e. The lowest BCUT2D eigenvalue weighted by Gasteiger charge is -2.20. The molecule has 0 fully saturated rings. The quantitative estimate of drug-likeness (QED) is 0.0893. The van der Waals surface area contributed by atoms with Gasteiger partial charge in [0.2, 0.25) is 5.52 Å². The Kier molecular flexibility index (Phi) is 9.05. The van der Waals surface area contributed by atoms with E-state index in [1.54, 1.807) is 0 Å². The van der Waals surface area contributed by atoms with E-state index < -0.39 is 7.37 Å². The van der Waals surface area contributed by atoms with Crippen molar-refractivity contribution in [2.45, 2.75) is 6.54 Å². The van der Waals surface area contributed by atoms with Crippen LogP contribution >= 0.6 is 7.37 Å². The predicted octanol–water partition coefficient (Wildman–Crippen LogP) is 8.28. The maximum atomic E-state index is 14.3. The fourth-order valence-electron chi connectivity index (χ4n) is 5.31. The van der Waals surface area contributed by atoms with Gasteiger partial charge in [0.25, 0.3) is 0 Å². The Hall–Kier alpha value is -5.18. The number of allylic oxidation sites excluding steroid dienone is 2. The van der Waals surface area contributed by atoms with Crippen LogP contribution in [0.25, 0.3) is 23.1 Å². The summed E-state index contributed by atoms with van der Waals surface area (Å²) in [5.74, 6) is 0.576. The van der Waals surface area contributed by atoms with Crippen LogP contribution in [0.15, 0.2) is 158 Å². The Morgan fingerprint density at radius 3 is 1.91 bits per heavy atom. The van der Waals surface area contributed by atoms with Crippen molar-refractivity contribution in [3.63, 3.8) is 0 Å². The molecule has 6 aromatic rings. The summed E-state index contributed by atoms with van der Waals surface area (Å²) < 4.78 is 22.8. The van der Waals surface area contributed by atoms with E-state index in [1.165, 1.54) is 16.6 Å². The van der Waals surface area contributed by atoms with Gasteiger partial charge in [-0.3, -0.25) is 4.57 Å². The number of aromatic nitrogens is 1. The van der Waals surface area contributed by atoms with Gasteiger partial charge < -0.3 is 9.42 Å². The molecule has 5 aromatic carbocycles. The zero-order valence-electron chi connectivity index (χ0n) is 25.5. The molecule has 0 atom stereocenters. The normalized spacial score (nSPS) is 11.8. The van der Waals surface area contributed by atoms with Crippen LogP contribution in [-0.2, 0) is 11.1 Å². The van der Waals surface area contributed by atoms with Gasteiger partial charge in [0.1, 0.15) is 5.75 Å². The van der Waals surface area contributed by atoms with Crippen molar-refractivity contribution >= 4 is 46.7 Å². The van der Waals surface area contributed by atoms with Gasteiger partial charge >= 0.3 is 7.37 Å². The first-order chi connectivity index (χ1) is 22.0.